The lowest BCUT2D eigenvalue weighted by molar-refractivity contribution is -0.146. The third kappa shape index (κ3) is 2.56. The first-order chi connectivity index (χ1) is 8.47. The van der Waals surface area contributed by atoms with Crippen molar-refractivity contribution in [3.05, 3.63) is 28.8 Å². The van der Waals surface area contributed by atoms with Crippen LogP contribution in [0, 0.1) is 0 Å². The van der Waals surface area contributed by atoms with Crippen molar-refractivity contribution < 1.29 is 19.4 Å². The molecule has 0 spiro atoms. The Morgan fingerprint density at radius 3 is 2.94 bits per heavy atom. The molecule has 5 nitrogen and oxygen atoms in total. The van der Waals surface area contributed by atoms with E-state index in [9.17, 15) is 9.59 Å². The quantitative estimate of drug-likeness (QED) is 0.895. The molecule has 1 unspecified atom stereocenters. The number of ether oxygens (including phenoxy) is 1. The van der Waals surface area contributed by atoms with Crippen molar-refractivity contribution in [3.8, 4) is 5.75 Å². The maximum Gasteiger partial charge on any atom is 0.323 e. The number of hydrogen-bond donors (Lipinski definition) is 1. The summed E-state index contributed by atoms with van der Waals surface area (Å²) in [5, 5.41) is 9.22. The molecule has 0 saturated carbocycles. The van der Waals surface area contributed by atoms with E-state index in [1.807, 2.05) is 0 Å². The summed E-state index contributed by atoms with van der Waals surface area (Å²) in [5.74, 6) is -0.768. The number of benzene rings is 1. The van der Waals surface area contributed by atoms with Gasteiger partial charge in [0.05, 0.1) is 0 Å². The molecule has 1 aliphatic rings. The minimum Gasteiger partial charge on any atom is -0.480 e. The Hall–Kier alpha value is -1.75. The van der Waals surface area contributed by atoms with E-state index in [2.05, 4.69) is 0 Å². The summed E-state index contributed by atoms with van der Waals surface area (Å²) in [6.45, 7) is -0.338. The fraction of sp³-hybridized carbons (Fsp3) is 0.333. The molecule has 0 aromatic heterocycles. The maximum atomic E-state index is 11.9. The van der Waals surface area contributed by atoms with Crippen LogP contribution < -0.4 is 4.74 Å². The van der Waals surface area contributed by atoms with Crippen LogP contribution in [0.5, 0.6) is 5.75 Å². The van der Waals surface area contributed by atoms with Gasteiger partial charge in [-0.25, -0.2) is 0 Å². The number of fused-ring (bicyclic) bond motifs is 1. The Morgan fingerprint density at radius 1 is 1.56 bits per heavy atom. The van der Waals surface area contributed by atoms with E-state index in [4.69, 9.17) is 21.4 Å². The Morgan fingerprint density at radius 2 is 2.28 bits per heavy atom. The predicted molar refractivity (Wildman–Crippen MR) is 64.8 cm³/mol. The second kappa shape index (κ2) is 4.86. The molecule has 0 aliphatic carbocycles. The van der Waals surface area contributed by atoms with Gasteiger partial charge in [-0.05, 0) is 23.8 Å². The first-order valence-corrected chi connectivity index (χ1v) is 5.77. The number of nitrogens with zero attached hydrogens (tertiary/aromatic N) is 1. The van der Waals surface area contributed by atoms with Crippen molar-refractivity contribution in [2.24, 2.45) is 0 Å². The van der Waals surface area contributed by atoms with Crippen LogP contribution in [0.15, 0.2) is 18.2 Å². The van der Waals surface area contributed by atoms with Crippen LogP contribution >= 0.6 is 11.6 Å². The molecular weight excluding hydrogens is 258 g/mol. The molecule has 0 fully saturated rings. The molecule has 1 atom stereocenters. The van der Waals surface area contributed by atoms with E-state index >= 15 is 0 Å². The first kappa shape index (κ1) is 12.7. The zero-order valence-corrected chi connectivity index (χ0v) is 10.5. The van der Waals surface area contributed by atoms with Gasteiger partial charge in [-0.1, -0.05) is 11.6 Å². The Kier molecular flexibility index (Phi) is 3.43. The maximum absolute atomic E-state index is 11.9. The Labute approximate surface area is 109 Å². The van der Waals surface area contributed by atoms with Gasteiger partial charge in [-0.2, -0.15) is 0 Å². The van der Waals surface area contributed by atoms with Crippen LogP contribution in [0.3, 0.4) is 0 Å². The van der Waals surface area contributed by atoms with Gasteiger partial charge in [0.1, 0.15) is 12.3 Å². The zero-order valence-electron chi connectivity index (χ0n) is 9.72. The van der Waals surface area contributed by atoms with Gasteiger partial charge >= 0.3 is 5.97 Å². The van der Waals surface area contributed by atoms with E-state index < -0.39 is 12.1 Å². The zero-order chi connectivity index (χ0) is 13.3. The molecule has 0 saturated heterocycles. The van der Waals surface area contributed by atoms with Crippen LogP contribution in [0.4, 0.5) is 0 Å². The summed E-state index contributed by atoms with van der Waals surface area (Å²) >= 11 is 5.85. The lowest BCUT2D eigenvalue weighted by atomic mass is 10.1. The smallest absolute Gasteiger partial charge is 0.323 e. The predicted octanol–water partition coefficient (Wildman–Crippen LogP) is 1.19. The number of hydrogen-bond acceptors (Lipinski definition) is 3. The molecule has 6 heteroatoms. The van der Waals surface area contributed by atoms with Crippen LogP contribution in [0.2, 0.25) is 5.02 Å². The van der Waals surface area contributed by atoms with Crippen LogP contribution in [0.25, 0.3) is 0 Å². The molecule has 1 N–H and O–H groups in total. The van der Waals surface area contributed by atoms with E-state index in [1.165, 1.54) is 7.05 Å². The fourth-order valence-corrected chi connectivity index (χ4v) is 2.08. The lowest BCUT2D eigenvalue weighted by Crippen LogP contribution is -2.41. The van der Waals surface area contributed by atoms with Gasteiger partial charge in [0.15, 0.2) is 6.10 Å². The second-order valence-electron chi connectivity index (χ2n) is 4.15. The van der Waals surface area contributed by atoms with Gasteiger partial charge in [0, 0.05) is 18.5 Å². The summed E-state index contributed by atoms with van der Waals surface area (Å²) < 4.78 is 5.48. The highest BCUT2D eigenvalue weighted by Crippen LogP contribution is 2.31. The summed E-state index contributed by atoms with van der Waals surface area (Å²) in [7, 11) is 1.44. The van der Waals surface area contributed by atoms with Crippen molar-refractivity contribution in [3.63, 3.8) is 0 Å². The lowest BCUT2D eigenvalue weighted by Gasteiger charge is -2.18. The van der Waals surface area contributed by atoms with Gasteiger partial charge in [0.2, 0.25) is 0 Å². The summed E-state index contributed by atoms with van der Waals surface area (Å²) in [4.78, 5) is 23.6. The highest BCUT2D eigenvalue weighted by atomic mass is 35.5. The van der Waals surface area contributed by atoms with Crippen molar-refractivity contribution in [1.82, 2.24) is 4.90 Å². The normalized spacial score (nSPS) is 16.9. The van der Waals surface area contributed by atoms with Gasteiger partial charge in [-0.15, -0.1) is 0 Å². The molecule has 0 bridgehead atoms. The number of halogens is 1. The van der Waals surface area contributed by atoms with E-state index in [0.717, 1.165) is 10.5 Å². The number of amides is 1. The van der Waals surface area contributed by atoms with Crippen molar-refractivity contribution in [2.45, 2.75) is 12.5 Å². The number of carboxylic acids is 1. The molecular formula is C12H12ClNO4. The third-order valence-electron chi connectivity index (χ3n) is 2.72. The number of rotatable bonds is 3. The van der Waals surface area contributed by atoms with E-state index in [0.29, 0.717) is 17.2 Å². The third-order valence-corrected chi connectivity index (χ3v) is 2.96. The summed E-state index contributed by atoms with van der Waals surface area (Å²) in [6, 6.07) is 5.15. The molecule has 1 amide bonds. The molecule has 1 aromatic rings. The van der Waals surface area contributed by atoms with Crippen molar-refractivity contribution in [1.29, 1.82) is 0 Å². The summed E-state index contributed by atoms with van der Waals surface area (Å²) in [6.07, 6.45) is -0.249. The minimum absolute atomic E-state index is 0.338. The van der Waals surface area contributed by atoms with Gasteiger partial charge in [-0.3, -0.25) is 9.59 Å². The van der Waals surface area contributed by atoms with Gasteiger partial charge in [0.25, 0.3) is 5.91 Å². The van der Waals surface area contributed by atoms with E-state index in [1.54, 1.807) is 18.2 Å². The number of likely N-dealkylation sites (N-methyl/N-ethyl adjacent to an activating group) is 1. The average Bonchev–Trinajstić information content (AvgIpc) is 2.69. The number of aliphatic carboxylic acids is 1. The molecule has 18 heavy (non-hydrogen) atoms. The average molecular weight is 270 g/mol. The fourth-order valence-electron chi connectivity index (χ4n) is 1.88. The number of carbonyl (C=O) groups is 2. The van der Waals surface area contributed by atoms with E-state index in [-0.39, 0.29) is 12.5 Å². The first-order valence-electron chi connectivity index (χ1n) is 5.39. The number of carbonyl (C=O) groups excluding carboxylic acids is 1. The minimum atomic E-state index is -1.05. The standard InChI is InChI=1S/C12H12ClNO4/c1-14(6-11(15)16)12(17)10-5-7-4-8(13)2-3-9(7)18-10/h2-4,10H,5-6H2,1H3,(H,15,16). The Bertz CT molecular complexity index is 503. The van der Waals surface area contributed by atoms with Crippen LogP contribution in [0.1, 0.15) is 5.56 Å². The van der Waals surface area contributed by atoms with Crippen molar-refractivity contribution >= 4 is 23.5 Å². The molecule has 1 aliphatic heterocycles. The number of carboxylic acid groups (broad SMARTS) is 1. The van der Waals surface area contributed by atoms with Crippen molar-refractivity contribution in [2.75, 3.05) is 13.6 Å². The second-order valence-corrected chi connectivity index (χ2v) is 4.59. The largest absolute Gasteiger partial charge is 0.480 e. The molecule has 1 heterocycles. The molecule has 2 rings (SSSR count). The highest BCUT2D eigenvalue weighted by Gasteiger charge is 2.31. The SMILES string of the molecule is CN(CC(=O)O)C(=O)C1Cc2cc(Cl)ccc2O1. The topological polar surface area (TPSA) is 66.8 Å². The monoisotopic (exact) mass is 269 g/mol. The van der Waals surface area contributed by atoms with Crippen LogP contribution in [-0.2, 0) is 16.0 Å². The molecule has 0 radical (unpaired) electrons. The molecule has 96 valence electrons. The van der Waals surface area contributed by atoms with Crippen LogP contribution in [-0.4, -0.2) is 41.6 Å². The Balaban J connectivity index is 2.06. The summed E-state index contributed by atoms with van der Waals surface area (Å²) in [5.41, 5.74) is 0.865. The van der Waals surface area contributed by atoms with Gasteiger partial charge < -0.3 is 14.7 Å². The molecule has 1 aromatic carbocycles. The highest BCUT2D eigenvalue weighted by molar-refractivity contribution is 6.30.